The third kappa shape index (κ3) is 4.09. The molecule has 2 aliphatic rings. The summed E-state index contributed by atoms with van der Waals surface area (Å²) < 4.78 is 56.0. The number of hydrogen-bond donors (Lipinski definition) is 0. The Kier molecular flexibility index (Phi) is 6.12. The fourth-order valence-corrected chi connectivity index (χ4v) is 7.42. The van der Waals surface area contributed by atoms with Crippen LogP contribution in [0.15, 0.2) is 29.2 Å². The molecule has 0 aliphatic carbocycles. The summed E-state index contributed by atoms with van der Waals surface area (Å²) in [7, 11) is -7.44. The molecule has 2 atom stereocenters. The third-order valence-electron chi connectivity index (χ3n) is 5.31. The van der Waals surface area contributed by atoms with Crippen LogP contribution in [0.3, 0.4) is 0 Å². The molecule has 2 heterocycles. The Morgan fingerprint density at radius 2 is 1.43 bits per heavy atom. The maximum absolute atomic E-state index is 13.0. The quantitative estimate of drug-likeness (QED) is 0.717. The van der Waals surface area contributed by atoms with Gasteiger partial charge in [0.2, 0.25) is 10.0 Å². The smallest absolute Gasteiger partial charge is 0.207 e. The molecule has 10 heteroatoms. The van der Waals surface area contributed by atoms with Crippen molar-refractivity contribution in [1.82, 2.24) is 12.9 Å². The normalized spacial score (nSPS) is 26.0. The monoisotopic (exact) mass is 426 g/mol. The van der Waals surface area contributed by atoms with Crippen LogP contribution < -0.4 is 0 Å². The van der Waals surface area contributed by atoms with Crippen LogP contribution in [-0.4, -0.2) is 69.0 Å². The van der Waals surface area contributed by atoms with Crippen LogP contribution in [0.4, 0.5) is 0 Å². The van der Waals surface area contributed by atoms with Crippen molar-refractivity contribution < 1.29 is 16.8 Å². The van der Waals surface area contributed by atoms with E-state index in [1.165, 1.54) is 25.0 Å². The van der Waals surface area contributed by atoms with Crippen LogP contribution in [0.5, 0.6) is 0 Å². The zero-order valence-corrected chi connectivity index (χ0v) is 17.8. The number of piperidine rings is 1. The minimum atomic E-state index is -3.84. The van der Waals surface area contributed by atoms with Gasteiger partial charge in [-0.05, 0) is 30.4 Å². The first-order valence-electron chi connectivity index (χ1n) is 9.40. The van der Waals surface area contributed by atoms with E-state index in [0.717, 1.165) is 6.42 Å². The van der Waals surface area contributed by atoms with Gasteiger partial charge < -0.3 is 0 Å². The molecule has 0 unspecified atom stereocenters. The van der Waals surface area contributed by atoms with E-state index < -0.39 is 20.2 Å². The van der Waals surface area contributed by atoms with E-state index in [9.17, 15) is 22.1 Å². The van der Waals surface area contributed by atoms with Gasteiger partial charge in [-0.1, -0.05) is 26.0 Å². The standard InChI is InChI=1S/C18H26N4O4S2/c1-15-11-16(2)14-22(13-15)28(25,26)21-9-7-20(8-10-21)27(23,24)18-6-4-3-5-17(18)12-19/h3-6,15-16H,7-11,13-14H2,1-2H3/t15-,16-/m1/s1. The van der Waals surface area contributed by atoms with Gasteiger partial charge in [-0.2, -0.15) is 26.6 Å². The van der Waals surface area contributed by atoms with Gasteiger partial charge in [-0.3, -0.25) is 0 Å². The second-order valence-corrected chi connectivity index (χ2v) is 11.5. The van der Waals surface area contributed by atoms with Crippen LogP contribution in [0.2, 0.25) is 0 Å². The molecule has 28 heavy (non-hydrogen) atoms. The second kappa shape index (κ2) is 8.08. The summed E-state index contributed by atoms with van der Waals surface area (Å²) in [5, 5.41) is 9.19. The van der Waals surface area contributed by atoms with E-state index >= 15 is 0 Å². The number of benzene rings is 1. The fourth-order valence-electron chi connectivity index (χ4n) is 4.02. The number of piperazine rings is 1. The third-order valence-corrected chi connectivity index (χ3v) is 9.24. The van der Waals surface area contributed by atoms with E-state index in [1.807, 2.05) is 6.07 Å². The molecule has 0 amide bonds. The summed E-state index contributed by atoms with van der Waals surface area (Å²) in [4.78, 5) is -0.0347. The number of nitrogens with zero attached hydrogens (tertiary/aromatic N) is 4. The molecule has 0 spiro atoms. The molecule has 2 aliphatic heterocycles. The highest BCUT2D eigenvalue weighted by Gasteiger charge is 2.38. The largest absolute Gasteiger partial charge is 0.282 e. The Morgan fingerprint density at radius 1 is 0.893 bits per heavy atom. The molecule has 2 saturated heterocycles. The molecular weight excluding hydrogens is 400 g/mol. The molecule has 8 nitrogen and oxygen atoms in total. The second-order valence-electron chi connectivity index (χ2n) is 7.68. The predicted molar refractivity (Wildman–Crippen MR) is 105 cm³/mol. The molecule has 0 N–H and O–H groups in total. The average Bonchev–Trinajstić information content (AvgIpc) is 2.67. The molecule has 2 fully saturated rings. The first-order valence-corrected chi connectivity index (χ1v) is 12.2. The minimum absolute atomic E-state index is 0.0347. The molecule has 0 saturated carbocycles. The summed E-state index contributed by atoms with van der Waals surface area (Å²) in [6.07, 6.45) is 1.01. The number of hydrogen-bond acceptors (Lipinski definition) is 5. The van der Waals surface area contributed by atoms with Gasteiger partial charge in [-0.15, -0.1) is 0 Å². The molecule has 154 valence electrons. The van der Waals surface area contributed by atoms with Gasteiger partial charge in [0, 0.05) is 39.3 Å². The van der Waals surface area contributed by atoms with Crippen LogP contribution in [-0.2, 0) is 20.2 Å². The number of sulfonamides is 1. The van der Waals surface area contributed by atoms with Crippen LogP contribution in [0.25, 0.3) is 0 Å². The zero-order valence-electron chi connectivity index (χ0n) is 16.2. The first-order chi connectivity index (χ1) is 13.2. The SMILES string of the molecule is C[C@@H]1C[C@@H](C)CN(S(=O)(=O)N2CCN(S(=O)(=O)c3ccccc3C#N)CC2)C1. The Morgan fingerprint density at radius 3 is 2.00 bits per heavy atom. The van der Waals surface area contributed by atoms with Crippen molar-refractivity contribution in [2.24, 2.45) is 11.8 Å². The lowest BCUT2D eigenvalue weighted by Crippen LogP contribution is -2.56. The highest BCUT2D eigenvalue weighted by atomic mass is 32.2. The van der Waals surface area contributed by atoms with Crippen molar-refractivity contribution in [1.29, 1.82) is 5.26 Å². The molecule has 0 radical (unpaired) electrons. The summed E-state index contributed by atoms with van der Waals surface area (Å²) in [6.45, 7) is 5.46. The predicted octanol–water partition coefficient (Wildman–Crippen LogP) is 1.09. The van der Waals surface area contributed by atoms with Crippen LogP contribution in [0, 0.1) is 23.2 Å². The zero-order chi connectivity index (χ0) is 20.5. The van der Waals surface area contributed by atoms with Crippen molar-refractivity contribution in [3.63, 3.8) is 0 Å². The van der Waals surface area contributed by atoms with Crippen LogP contribution in [0.1, 0.15) is 25.8 Å². The Labute approximate surface area is 167 Å². The highest BCUT2D eigenvalue weighted by Crippen LogP contribution is 2.26. The van der Waals surface area contributed by atoms with Gasteiger partial charge in [0.1, 0.15) is 6.07 Å². The summed E-state index contributed by atoms with van der Waals surface area (Å²) in [6, 6.07) is 7.97. The van der Waals surface area contributed by atoms with Gasteiger partial charge in [-0.25, -0.2) is 8.42 Å². The van der Waals surface area contributed by atoms with Gasteiger partial charge in [0.15, 0.2) is 0 Å². The maximum Gasteiger partial charge on any atom is 0.282 e. The first kappa shape index (κ1) is 21.2. The van der Waals surface area contributed by atoms with Gasteiger partial charge >= 0.3 is 0 Å². The lowest BCUT2D eigenvalue weighted by Gasteiger charge is -2.40. The van der Waals surface area contributed by atoms with Crippen molar-refractivity contribution >= 4 is 20.2 Å². The number of nitriles is 1. The van der Waals surface area contributed by atoms with Crippen molar-refractivity contribution in [2.45, 2.75) is 25.2 Å². The lowest BCUT2D eigenvalue weighted by molar-refractivity contribution is 0.197. The molecular formula is C18H26N4O4S2. The van der Waals surface area contributed by atoms with Crippen molar-refractivity contribution in [3.05, 3.63) is 29.8 Å². The minimum Gasteiger partial charge on any atom is -0.207 e. The van der Waals surface area contributed by atoms with Gasteiger partial charge in [0.25, 0.3) is 10.2 Å². The van der Waals surface area contributed by atoms with Crippen molar-refractivity contribution in [3.8, 4) is 6.07 Å². The lowest BCUT2D eigenvalue weighted by atomic mass is 9.94. The van der Waals surface area contributed by atoms with E-state index in [0.29, 0.717) is 24.9 Å². The van der Waals surface area contributed by atoms with E-state index in [1.54, 1.807) is 12.1 Å². The molecule has 0 aromatic heterocycles. The topological polar surface area (TPSA) is 102 Å². The fraction of sp³-hybridized carbons (Fsp3) is 0.611. The average molecular weight is 427 g/mol. The highest BCUT2D eigenvalue weighted by molar-refractivity contribution is 7.89. The van der Waals surface area contributed by atoms with E-state index in [2.05, 4.69) is 13.8 Å². The van der Waals surface area contributed by atoms with E-state index in [4.69, 9.17) is 0 Å². The molecule has 3 rings (SSSR count). The summed E-state index contributed by atoms with van der Waals surface area (Å²) in [5.74, 6) is 0.616. The van der Waals surface area contributed by atoms with Crippen molar-refractivity contribution in [2.75, 3.05) is 39.3 Å². The van der Waals surface area contributed by atoms with Gasteiger partial charge in [0.05, 0.1) is 10.5 Å². The maximum atomic E-state index is 13.0. The molecule has 0 bridgehead atoms. The summed E-state index contributed by atoms with van der Waals surface area (Å²) in [5.41, 5.74) is 0.0915. The Balaban J connectivity index is 1.73. The molecule has 1 aromatic carbocycles. The number of rotatable bonds is 4. The van der Waals surface area contributed by atoms with Crippen LogP contribution >= 0.6 is 0 Å². The Hall–Kier alpha value is -1.51. The molecule has 1 aromatic rings. The Bertz CT molecular complexity index is 954. The van der Waals surface area contributed by atoms with E-state index in [-0.39, 0.29) is 36.6 Å². The summed E-state index contributed by atoms with van der Waals surface area (Å²) >= 11 is 0.